The Balaban J connectivity index is 2.15. The monoisotopic (exact) mass is 352 g/mol. The molecule has 0 fully saturated rings. The van der Waals surface area contributed by atoms with Crippen molar-refractivity contribution in [2.75, 3.05) is 0 Å². The number of amides is 1. The number of carbonyl (C=O) groups is 1. The Morgan fingerprint density at radius 1 is 1.16 bits per heavy atom. The second-order valence-electron chi connectivity index (χ2n) is 6.30. The number of thiophene rings is 1. The summed E-state index contributed by atoms with van der Waals surface area (Å²) in [5, 5.41) is 2.10. The molecule has 1 amide bonds. The van der Waals surface area contributed by atoms with Crippen LogP contribution in [0.5, 0.6) is 0 Å². The molecule has 2 aromatic heterocycles. The normalized spacial score (nSPS) is 11.0. The molecule has 0 saturated carbocycles. The number of benzene rings is 1. The van der Waals surface area contributed by atoms with Gasteiger partial charge in [0.15, 0.2) is 0 Å². The van der Waals surface area contributed by atoms with E-state index in [1.54, 1.807) is 11.3 Å². The van der Waals surface area contributed by atoms with Gasteiger partial charge in [-0.1, -0.05) is 37.3 Å². The summed E-state index contributed by atoms with van der Waals surface area (Å²) in [5.41, 5.74) is 11.9. The molecule has 0 bridgehead atoms. The summed E-state index contributed by atoms with van der Waals surface area (Å²) in [6, 6.07) is 12.4. The predicted octanol–water partition coefficient (Wildman–Crippen LogP) is 4.74. The Kier molecular flexibility index (Phi) is 5.09. The molecule has 25 heavy (non-hydrogen) atoms. The van der Waals surface area contributed by atoms with Gasteiger partial charge in [-0.2, -0.15) is 0 Å². The number of hydrogen-bond donors (Lipinski definition) is 1. The molecule has 0 aliphatic heterocycles. The quantitative estimate of drug-likeness (QED) is 0.684. The van der Waals surface area contributed by atoms with Gasteiger partial charge in [-0.05, 0) is 49.3 Å². The Morgan fingerprint density at radius 2 is 1.92 bits per heavy atom. The van der Waals surface area contributed by atoms with Gasteiger partial charge >= 0.3 is 0 Å². The molecule has 0 aliphatic carbocycles. The molecule has 1 aromatic carbocycles. The maximum Gasteiger partial charge on any atom is 0.251 e. The Labute approximate surface area is 153 Å². The first-order valence-electron chi connectivity index (χ1n) is 8.64. The van der Waals surface area contributed by atoms with Crippen molar-refractivity contribution in [1.29, 1.82) is 0 Å². The van der Waals surface area contributed by atoms with Crippen LogP contribution in [0.25, 0.3) is 11.1 Å². The number of aryl methyl sites for hydroxylation is 2. The molecule has 2 heterocycles. The fraction of sp³-hybridized carbons (Fsp3) is 0.286. The molecule has 3 nitrogen and oxygen atoms in total. The molecular formula is C21H24N2OS. The van der Waals surface area contributed by atoms with Crippen LogP contribution in [0.3, 0.4) is 0 Å². The summed E-state index contributed by atoms with van der Waals surface area (Å²) < 4.78 is 2.28. The third-order valence-electron chi connectivity index (χ3n) is 4.79. The van der Waals surface area contributed by atoms with Gasteiger partial charge in [0.1, 0.15) is 0 Å². The van der Waals surface area contributed by atoms with Gasteiger partial charge in [0.25, 0.3) is 5.91 Å². The van der Waals surface area contributed by atoms with Crippen molar-refractivity contribution < 1.29 is 4.79 Å². The first kappa shape index (κ1) is 17.5. The lowest BCUT2D eigenvalue weighted by Crippen LogP contribution is -2.14. The van der Waals surface area contributed by atoms with Crippen molar-refractivity contribution in [3.8, 4) is 11.1 Å². The smallest absolute Gasteiger partial charge is 0.251 e. The van der Waals surface area contributed by atoms with Gasteiger partial charge in [-0.15, -0.1) is 11.3 Å². The molecule has 0 aliphatic rings. The van der Waals surface area contributed by atoms with E-state index in [0.29, 0.717) is 5.56 Å². The highest BCUT2D eigenvalue weighted by molar-refractivity contribution is 7.09. The highest BCUT2D eigenvalue weighted by Crippen LogP contribution is 2.35. The van der Waals surface area contributed by atoms with Crippen molar-refractivity contribution in [1.82, 2.24) is 4.57 Å². The van der Waals surface area contributed by atoms with Crippen molar-refractivity contribution in [2.45, 2.75) is 40.2 Å². The van der Waals surface area contributed by atoms with Crippen LogP contribution in [0.4, 0.5) is 0 Å². The second-order valence-corrected chi connectivity index (χ2v) is 7.33. The molecule has 130 valence electrons. The number of hydrogen-bond acceptors (Lipinski definition) is 2. The zero-order valence-electron chi connectivity index (χ0n) is 15.0. The minimum atomic E-state index is -0.347. The van der Waals surface area contributed by atoms with Gasteiger partial charge in [0.2, 0.25) is 0 Å². The number of carbonyl (C=O) groups excluding carboxylic acids is 1. The number of nitrogens with two attached hydrogens (primary N) is 1. The van der Waals surface area contributed by atoms with Gasteiger partial charge in [-0.25, -0.2) is 0 Å². The van der Waals surface area contributed by atoms with E-state index in [4.69, 9.17) is 5.73 Å². The van der Waals surface area contributed by atoms with Crippen molar-refractivity contribution >= 4 is 17.2 Å². The van der Waals surface area contributed by atoms with Crippen LogP contribution in [-0.4, -0.2) is 10.5 Å². The van der Waals surface area contributed by atoms with Crippen LogP contribution in [0.1, 0.15) is 39.1 Å². The van der Waals surface area contributed by atoms with E-state index in [1.165, 1.54) is 10.6 Å². The van der Waals surface area contributed by atoms with Crippen LogP contribution in [0, 0.1) is 13.8 Å². The van der Waals surface area contributed by atoms with Crippen molar-refractivity contribution in [3.05, 3.63) is 69.2 Å². The summed E-state index contributed by atoms with van der Waals surface area (Å²) >= 11 is 1.77. The Hall–Kier alpha value is -2.33. The third-order valence-corrected chi connectivity index (χ3v) is 5.72. The van der Waals surface area contributed by atoms with E-state index in [1.807, 2.05) is 19.1 Å². The average Bonchev–Trinajstić information content (AvgIpc) is 3.19. The lowest BCUT2D eigenvalue weighted by Gasteiger charge is -2.12. The summed E-state index contributed by atoms with van der Waals surface area (Å²) in [6.45, 7) is 7.10. The fourth-order valence-corrected chi connectivity index (χ4v) is 4.29. The van der Waals surface area contributed by atoms with E-state index in [-0.39, 0.29) is 5.91 Å². The van der Waals surface area contributed by atoms with Gasteiger partial charge in [-0.3, -0.25) is 4.79 Å². The van der Waals surface area contributed by atoms with E-state index >= 15 is 0 Å². The second kappa shape index (κ2) is 7.28. The maximum atomic E-state index is 12.3. The van der Waals surface area contributed by atoms with Crippen LogP contribution >= 0.6 is 11.3 Å². The first-order chi connectivity index (χ1) is 12.0. The molecule has 3 rings (SSSR count). The summed E-state index contributed by atoms with van der Waals surface area (Å²) in [5.74, 6) is -0.347. The zero-order chi connectivity index (χ0) is 18.0. The third kappa shape index (κ3) is 3.27. The summed E-state index contributed by atoms with van der Waals surface area (Å²) in [6.07, 6.45) is 1.83. The lowest BCUT2D eigenvalue weighted by atomic mass is 9.95. The predicted molar refractivity (Wildman–Crippen MR) is 105 cm³/mol. The molecule has 2 N–H and O–H groups in total. The molecule has 0 atom stereocenters. The maximum absolute atomic E-state index is 12.3. The molecule has 4 heteroatoms. The number of primary amides is 1. The zero-order valence-corrected chi connectivity index (χ0v) is 15.8. The minimum Gasteiger partial charge on any atom is -0.366 e. The number of rotatable bonds is 6. The highest BCUT2D eigenvalue weighted by atomic mass is 32.1. The minimum absolute atomic E-state index is 0.347. The van der Waals surface area contributed by atoms with E-state index < -0.39 is 0 Å². The number of nitrogens with zero attached hydrogens (tertiary/aromatic N) is 1. The molecular weight excluding hydrogens is 328 g/mol. The lowest BCUT2D eigenvalue weighted by molar-refractivity contribution is 0.1000. The van der Waals surface area contributed by atoms with E-state index in [9.17, 15) is 4.79 Å². The van der Waals surface area contributed by atoms with Crippen LogP contribution in [0.2, 0.25) is 0 Å². The SMILES string of the molecule is CCc1c(-c2ccccc2C)c(C(N)=O)c(C)n1CCc1cccs1. The Bertz CT molecular complexity index is 891. The average molecular weight is 353 g/mol. The summed E-state index contributed by atoms with van der Waals surface area (Å²) in [7, 11) is 0. The Morgan fingerprint density at radius 3 is 2.52 bits per heavy atom. The summed E-state index contributed by atoms with van der Waals surface area (Å²) in [4.78, 5) is 13.6. The van der Waals surface area contributed by atoms with Crippen LogP contribution in [-0.2, 0) is 19.4 Å². The van der Waals surface area contributed by atoms with Crippen molar-refractivity contribution in [2.24, 2.45) is 5.73 Å². The van der Waals surface area contributed by atoms with Crippen LogP contribution < -0.4 is 5.73 Å². The fourth-order valence-electron chi connectivity index (χ4n) is 3.59. The largest absolute Gasteiger partial charge is 0.366 e. The van der Waals surface area contributed by atoms with E-state index in [2.05, 4.69) is 48.1 Å². The first-order valence-corrected chi connectivity index (χ1v) is 9.52. The topological polar surface area (TPSA) is 48.0 Å². The molecule has 3 aromatic rings. The standard InChI is InChI=1S/C21H24N2OS/c1-4-18-20(17-10-6-5-8-14(17)2)19(21(22)24)15(3)23(18)12-11-16-9-7-13-25-16/h5-10,13H,4,11-12H2,1-3H3,(H2,22,24). The van der Waals surface area contributed by atoms with Gasteiger partial charge < -0.3 is 10.3 Å². The molecule has 0 saturated heterocycles. The van der Waals surface area contributed by atoms with Gasteiger partial charge in [0, 0.05) is 28.4 Å². The molecule has 0 spiro atoms. The van der Waals surface area contributed by atoms with Gasteiger partial charge in [0.05, 0.1) is 5.56 Å². The van der Waals surface area contributed by atoms with Crippen LogP contribution in [0.15, 0.2) is 41.8 Å². The number of aromatic nitrogens is 1. The molecule has 0 unspecified atom stereocenters. The van der Waals surface area contributed by atoms with Crippen molar-refractivity contribution in [3.63, 3.8) is 0 Å². The molecule has 0 radical (unpaired) electrons. The highest BCUT2D eigenvalue weighted by Gasteiger charge is 2.24. The van der Waals surface area contributed by atoms with E-state index in [0.717, 1.165) is 41.8 Å².